The zero-order valence-electron chi connectivity index (χ0n) is 12.6. The minimum atomic E-state index is -0.325. The Morgan fingerprint density at radius 2 is 2.12 bits per heavy atom. The Kier molecular flexibility index (Phi) is 5.23. The van der Waals surface area contributed by atoms with E-state index >= 15 is 0 Å². The molecule has 0 saturated carbocycles. The highest BCUT2D eigenvalue weighted by molar-refractivity contribution is 8.00. The van der Waals surface area contributed by atoms with Gasteiger partial charge in [-0.15, -0.1) is 0 Å². The largest absolute Gasteiger partial charge is 0.351 e. The van der Waals surface area contributed by atoms with Crippen molar-refractivity contribution >= 4 is 52.0 Å². The van der Waals surface area contributed by atoms with E-state index in [1.54, 1.807) is 18.5 Å². The lowest BCUT2D eigenvalue weighted by atomic mass is 10.2. The van der Waals surface area contributed by atoms with Gasteiger partial charge in [-0.05, 0) is 24.6 Å². The van der Waals surface area contributed by atoms with Gasteiger partial charge < -0.3 is 10.3 Å². The Balaban J connectivity index is 1.62. The maximum Gasteiger partial charge on any atom is 0.233 e. The normalized spacial score (nSPS) is 12.3. The highest BCUT2D eigenvalue weighted by Crippen LogP contribution is 2.26. The number of fused-ring (bicyclic) bond motifs is 1. The predicted octanol–water partition coefficient (Wildman–Crippen LogP) is 3.46. The number of benzene rings is 1. The molecule has 0 aliphatic carbocycles. The molecule has 0 radical (unpaired) electrons. The van der Waals surface area contributed by atoms with Gasteiger partial charge in [0.1, 0.15) is 16.9 Å². The van der Waals surface area contributed by atoms with Crippen molar-refractivity contribution in [2.24, 2.45) is 0 Å². The van der Waals surface area contributed by atoms with Crippen molar-refractivity contribution in [3.05, 3.63) is 46.5 Å². The molecule has 0 saturated heterocycles. The van der Waals surface area contributed by atoms with Crippen molar-refractivity contribution in [1.82, 2.24) is 25.3 Å². The fraction of sp³-hybridized carbons (Fsp3) is 0.200. The molecule has 0 unspecified atom stereocenters. The van der Waals surface area contributed by atoms with Gasteiger partial charge in [0, 0.05) is 6.54 Å². The third kappa shape index (κ3) is 3.80. The van der Waals surface area contributed by atoms with Crippen LogP contribution in [0.5, 0.6) is 0 Å². The highest BCUT2D eigenvalue weighted by atomic mass is 35.5. The van der Waals surface area contributed by atoms with Crippen molar-refractivity contribution in [3.63, 3.8) is 0 Å². The van der Waals surface area contributed by atoms with E-state index in [-0.39, 0.29) is 11.2 Å². The Morgan fingerprint density at radius 3 is 2.92 bits per heavy atom. The molecule has 1 amide bonds. The molecular weight excluding hydrogens is 369 g/mol. The molecule has 3 aromatic rings. The van der Waals surface area contributed by atoms with E-state index in [0.717, 1.165) is 11.1 Å². The van der Waals surface area contributed by atoms with Crippen LogP contribution in [0.1, 0.15) is 12.5 Å². The first-order valence-corrected chi connectivity index (χ1v) is 8.70. The predicted molar refractivity (Wildman–Crippen MR) is 95.3 cm³/mol. The monoisotopic (exact) mass is 381 g/mol. The zero-order valence-corrected chi connectivity index (χ0v) is 14.9. The Morgan fingerprint density at radius 1 is 1.29 bits per heavy atom. The summed E-state index contributed by atoms with van der Waals surface area (Å²) in [5.74, 6) is -0.0997. The van der Waals surface area contributed by atoms with Crippen molar-refractivity contribution in [1.29, 1.82) is 0 Å². The summed E-state index contributed by atoms with van der Waals surface area (Å²) in [6.07, 6.45) is 2.99. The molecule has 9 heteroatoms. The van der Waals surface area contributed by atoms with Crippen LogP contribution in [0.4, 0.5) is 0 Å². The molecule has 0 aliphatic rings. The zero-order chi connectivity index (χ0) is 17.1. The van der Waals surface area contributed by atoms with E-state index in [1.807, 2.05) is 13.0 Å². The van der Waals surface area contributed by atoms with Gasteiger partial charge in [-0.2, -0.15) is 0 Å². The van der Waals surface area contributed by atoms with Gasteiger partial charge in [0.2, 0.25) is 5.91 Å². The molecule has 1 atom stereocenters. The average Bonchev–Trinajstić information content (AvgIpc) is 3.05. The number of hydrogen-bond acceptors (Lipinski definition) is 5. The summed E-state index contributed by atoms with van der Waals surface area (Å²) in [5, 5.41) is 4.20. The number of H-pyrrole nitrogens is 1. The number of carbonyl (C=O) groups excluding carboxylic acids is 1. The summed E-state index contributed by atoms with van der Waals surface area (Å²) in [5.41, 5.74) is 2.19. The first kappa shape index (κ1) is 17.0. The summed E-state index contributed by atoms with van der Waals surface area (Å²) in [7, 11) is 0. The molecule has 0 fully saturated rings. The second kappa shape index (κ2) is 7.38. The number of nitrogens with zero attached hydrogens (tertiary/aromatic N) is 3. The van der Waals surface area contributed by atoms with Crippen LogP contribution in [0.15, 0.2) is 35.9 Å². The third-order valence-corrected chi connectivity index (χ3v) is 5.14. The minimum Gasteiger partial charge on any atom is -0.351 e. The van der Waals surface area contributed by atoms with Crippen LogP contribution < -0.4 is 5.32 Å². The second-order valence-corrected chi connectivity index (χ2v) is 7.15. The van der Waals surface area contributed by atoms with Crippen LogP contribution in [-0.2, 0) is 11.3 Å². The third-order valence-electron chi connectivity index (χ3n) is 3.30. The fourth-order valence-corrected chi connectivity index (χ4v) is 3.26. The van der Waals surface area contributed by atoms with Crippen LogP contribution in [0.3, 0.4) is 0 Å². The molecular formula is C15H13Cl2N5OS. The van der Waals surface area contributed by atoms with Gasteiger partial charge >= 0.3 is 0 Å². The first-order valence-electron chi connectivity index (χ1n) is 7.07. The number of aromatic nitrogens is 4. The number of hydrogen-bond donors (Lipinski definition) is 2. The summed E-state index contributed by atoms with van der Waals surface area (Å²) in [6.45, 7) is 2.20. The van der Waals surface area contributed by atoms with Crippen LogP contribution in [0, 0.1) is 0 Å². The van der Waals surface area contributed by atoms with Crippen molar-refractivity contribution in [3.8, 4) is 0 Å². The quantitative estimate of drug-likeness (QED) is 0.522. The molecule has 1 aromatic carbocycles. The van der Waals surface area contributed by atoms with E-state index in [0.29, 0.717) is 27.3 Å². The van der Waals surface area contributed by atoms with Gasteiger partial charge in [-0.3, -0.25) is 4.79 Å². The van der Waals surface area contributed by atoms with E-state index in [1.165, 1.54) is 18.1 Å². The SMILES string of the molecule is C[C@H](Sc1ncnc2nc[nH]c12)C(=O)NCc1ccc(Cl)c(Cl)c1. The van der Waals surface area contributed by atoms with Gasteiger partial charge in [-0.1, -0.05) is 41.0 Å². The number of halogens is 2. The summed E-state index contributed by atoms with van der Waals surface area (Å²) in [4.78, 5) is 27.6. The molecule has 2 N–H and O–H groups in total. The van der Waals surface area contributed by atoms with Crippen molar-refractivity contribution in [2.45, 2.75) is 23.7 Å². The van der Waals surface area contributed by atoms with E-state index in [2.05, 4.69) is 25.3 Å². The number of nitrogens with one attached hydrogen (secondary N) is 2. The lowest BCUT2D eigenvalue weighted by Crippen LogP contribution is -2.30. The summed E-state index contributed by atoms with van der Waals surface area (Å²) >= 11 is 13.2. The standard InChI is InChI=1S/C15H13Cl2N5OS/c1-8(24-15-12-13(20-6-19-12)21-7-22-15)14(23)18-5-9-2-3-10(16)11(17)4-9/h2-4,6-8H,5H2,1H3,(H,18,23)(H,19,20,21,22)/t8-/m0/s1. The summed E-state index contributed by atoms with van der Waals surface area (Å²) in [6, 6.07) is 5.27. The molecule has 0 aliphatic heterocycles. The number of rotatable bonds is 5. The Labute approximate surface area is 152 Å². The van der Waals surface area contributed by atoms with Crippen LogP contribution >= 0.6 is 35.0 Å². The maximum absolute atomic E-state index is 12.3. The molecule has 24 heavy (non-hydrogen) atoms. The van der Waals surface area contributed by atoms with E-state index in [9.17, 15) is 4.79 Å². The molecule has 2 heterocycles. The van der Waals surface area contributed by atoms with E-state index in [4.69, 9.17) is 23.2 Å². The molecule has 0 spiro atoms. The number of amides is 1. The molecule has 0 bridgehead atoms. The molecule has 124 valence electrons. The van der Waals surface area contributed by atoms with Crippen LogP contribution in [-0.4, -0.2) is 31.1 Å². The van der Waals surface area contributed by atoms with Gasteiger partial charge in [0.05, 0.1) is 21.6 Å². The van der Waals surface area contributed by atoms with Crippen molar-refractivity contribution in [2.75, 3.05) is 0 Å². The average molecular weight is 382 g/mol. The Hall–Kier alpha value is -1.83. The van der Waals surface area contributed by atoms with Crippen LogP contribution in [0.25, 0.3) is 11.2 Å². The van der Waals surface area contributed by atoms with Gasteiger partial charge in [-0.25, -0.2) is 15.0 Å². The second-order valence-electron chi connectivity index (χ2n) is 5.01. The fourth-order valence-electron chi connectivity index (χ4n) is 2.04. The summed E-state index contributed by atoms with van der Waals surface area (Å²) < 4.78 is 0. The highest BCUT2D eigenvalue weighted by Gasteiger charge is 2.17. The topological polar surface area (TPSA) is 83.6 Å². The maximum atomic E-state index is 12.3. The first-order chi connectivity index (χ1) is 11.5. The lowest BCUT2D eigenvalue weighted by Gasteiger charge is -2.12. The Bertz CT molecular complexity index is 885. The lowest BCUT2D eigenvalue weighted by molar-refractivity contribution is -0.120. The van der Waals surface area contributed by atoms with Gasteiger partial charge in [0.15, 0.2) is 5.65 Å². The number of aromatic amines is 1. The minimum absolute atomic E-state index is 0.0997. The molecule has 3 rings (SSSR count). The van der Waals surface area contributed by atoms with Gasteiger partial charge in [0.25, 0.3) is 0 Å². The number of thioether (sulfide) groups is 1. The van der Waals surface area contributed by atoms with Crippen molar-refractivity contribution < 1.29 is 4.79 Å². The molecule has 2 aromatic heterocycles. The number of carbonyl (C=O) groups is 1. The molecule has 6 nitrogen and oxygen atoms in total. The van der Waals surface area contributed by atoms with E-state index < -0.39 is 0 Å². The smallest absolute Gasteiger partial charge is 0.233 e. The number of imidazole rings is 1. The van der Waals surface area contributed by atoms with Crippen LogP contribution in [0.2, 0.25) is 10.0 Å².